The van der Waals surface area contributed by atoms with Gasteiger partial charge in [0, 0.05) is 26.2 Å². The van der Waals surface area contributed by atoms with Crippen LogP contribution in [-0.4, -0.2) is 43.1 Å². The molecule has 2 aliphatic heterocycles. The van der Waals surface area contributed by atoms with Crippen molar-refractivity contribution in [2.75, 3.05) is 26.2 Å². The Bertz CT molecular complexity index is 573. The lowest BCUT2D eigenvalue weighted by Crippen LogP contribution is -2.40. The van der Waals surface area contributed by atoms with Gasteiger partial charge in [-0.05, 0) is 48.8 Å². The molecule has 4 heteroatoms. The van der Waals surface area contributed by atoms with Crippen LogP contribution in [0, 0.1) is 18.8 Å². The third-order valence-corrected chi connectivity index (χ3v) is 5.23. The Kier molecular flexibility index (Phi) is 4.62. The third-order valence-electron chi connectivity index (χ3n) is 5.23. The van der Waals surface area contributed by atoms with Gasteiger partial charge in [0.25, 0.3) is 5.91 Å². The largest absolute Gasteiger partial charge is 0.481 e. The van der Waals surface area contributed by atoms with Crippen LogP contribution in [0.1, 0.15) is 37.8 Å². The van der Waals surface area contributed by atoms with E-state index in [9.17, 15) is 4.79 Å². The molecule has 2 saturated heterocycles. The van der Waals surface area contributed by atoms with Gasteiger partial charge in [-0.25, -0.2) is 0 Å². The third kappa shape index (κ3) is 3.37. The summed E-state index contributed by atoms with van der Waals surface area (Å²) >= 11 is 0. The zero-order chi connectivity index (χ0) is 16.6. The molecule has 23 heavy (non-hydrogen) atoms. The van der Waals surface area contributed by atoms with Crippen molar-refractivity contribution in [2.24, 2.45) is 11.8 Å². The molecule has 3 rings (SSSR count). The zero-order valence-electron chi connectivity index (χ0n) is 14.6. The van der Waals surface area contributed by atoms with Gasteiger partial charge in [-0.1, -0.05) is 26.0 Å². The lowest BCUT2D eigenvalue weighted by atomic mass is 10.0. The number of amides is 1. The average Bonchev–Trinajstić information content (AvgIpc) is 3.09. The fourth-order valence-corrected chi connectivity index (χ4v) is 3.64. The van der Waals surface area contributed by atoms with Gasteiger partial charge in [-0.2, -0.15) is 0 Å². The summed E-state index contributed by atoms with van der Waals surface area (Å²) in [5, 5.41) is 3.41. The summed E-state index contributed by atoms with van der Waals surface area (Å²) in [6.07, 6.45) is -0.428. The van der Waals surface area contributed by atoms with E-state index in [0.717, 1.165) is 37.5 Å². The topological polar surface area (TPSA) is 41.6 Å². The highest BCUT2D eigenvalue weighted by molar-refractivity contribution is 5.81. The Hall–Kier alpha value is -1.55. The molecular formula is C19H28N2O2. The molecule has 0 spiro atoms. The fraction of sp³-hybridized carbons (Fsp3) is 0.632. The predicted molar refractivity (Wildman–Crippen MR) is 91.8 cm³/mol. The van der Waals surface area contributed by atoms with Gasteiger partial charge < -0.3 is 15.0 Å². The molecule has 0 radical (unpaired) electrons. The average molecular weight is 316 g/mol. The molecule has 1 amide bonds. The van der Waals surface area contributed by atoms with Gasteiger partial charge >= 0.3 is 0 Å². The summed E-state index contributed by atoms with van der Waals surface area (Å²) in [6, 6.07) is 6.29. The first-order valence-corrected chi connectivity index (χ1v) is 8.72. The van der Waals surface area contributed by atoms with Gasteiger partial charge in [-0.15, -0.1) is 0 Å². The molecule has 2 heterocycles. The van der Waals surface area contributed by atoms with Crippen LogP contribution in [0.5, 0.6) is 5.75 Å². The SMILES string of the molecule is Cc1ccc(C(C)C)cc1OC(C)C(=O)N1C[C@H]2CNC[C@H]2C1. The lowest BCUT2D eigenvalue weighted by Gasteiger charge is -2.23. The summed E-state index contributed by atoms with van der Waals surface area (Å²) in [5.74, 6) is 2.65. The first-order chi connectivity index (χ1) is 11.0. The number of hydrogen-bond donors (Lipinski definition) is 1. The van der Waals surface area contributed by atoms with Crippen LogP contribution in [0.15, 0.2) is 18.2 Å². The summed E-state index contributed by atoms with van der Waals surface area (Å²) in [7, 11) is 0. The summed E-state index contributed by atoms with van der Waals surface area (Å²) in [6.45, 7) is 12.1. The van der Waals surface area contributed by atoms with Crippen molar-refractivity contribution in [2.45, 2.75) is 39.7 Å². The second kappa shape index (κ2) is 6.52. The fourth-order valence-electron chi connectivity index (χ4n) is 3.64. The van der Waals surface area contributed by atoms with Crippen LogP contribution in [0.2, 0.25) is 0 Å². The molecule has 126 valence electrons. The van der Waals surface area contributed by atoms with Crippen molar-refractivity contribution in [3.05, 3.63) is 29.3 Å². The van der Waals surface area contributed by atoms with Crippen molar-refractivity contribution in [3.63, 3.8) is 0 Å². The quantitative estimate of drug-likeness (QED) is 0.928. The van der Waals surface area contributed by atoms with E-state index >= 15 is 0 Å². The van der Waals surface area contributed by atoms with Crippen LogP contribution < -0.4 is 10.1 Å². The number of rotatable bonds is 4. The van der Waals surface area contributed by atoms with Crippen molar-refractivity contribution in [1.82, 2.24) is 10.2 Å². The van der Waals surface area contributed by atoms with Gasteiger partial charge in [0.2, 0.25) is 0 Å². The molecule has 1 aromatic rings. The second-order valence-corrected chi connectivity index (χ2v) is 7.36. The number of hydrogen-bond acceptors (Lipinski definition) is 3. The van der Waals surface area contributed by atoms with E-state index in [4.69, 9.17) is 4.74 Å². The Labute approximate surface area is 139 Å². The Balaban J connectivity index is 1.66. The minimum atomic E-state index is -0.428. The minimum Gasteiger partial charge on any atom is -0.481 e. The van der Waals surface area contributed by atoms with E-state index in [-0.39, 0.29) is 5.91 Å². The normalized spacial score (nSPS) is 24.8. The monoisotopic (exact) mass is 316 g/mol. The summed E-state index contributed by atoms with van der Waals surface area (Å²) in [5.41, 5.74) is 2.32. The number of carbonyl (C=O) groups is 1. The molecule has 1 N–H and O–H groups in total. The number of benzene rings is 1. The molecule has 0 aliphatic carbocycles. The molecule has 3 atom stereocenters. The Morgan fingerprint density at radius 2 is 1.87 bits per heavy atom. The number of fused-ring (bicyclic) bond motifs is 1. The predicted octanol–water partition coefficient (Wildman–Crippen LogP) is 2.56. The van der Waals surface area contributed by atoms with Crippen LogP contribution in [0.3, 0.4) is 0 Å². The molecule has 0 aromatic heterocycles. The summed E-state index contributed by atoms with van der Waals surface area (Å²) < 4.78 is 6.03. The molecule has 0 bridgehead atoms. The number of nitrogens with one attached hydrogen (secondary N) is 1. The Morgan fingerprint density at radius 3 is 2.48 bits per heavy atom. The van der Waals surface area contributed by atoms with E-state index < -0.39 is 6.10 Å². The first kappa shape index (κ1) is 16.3. The Morgan fingerprint density at radius 1 is 1.22 bits per heavy atom. The van der Waals surface area contributed by atoms with Gasteiger partial charge in [0.05, 0.1) is 0 Å². The van der Waals surface area contributed by atoms with Crippen LogP contribution >= 0.6 is 0 Å². The van der Waals surface area contributed by atoms with Crippen molar-refractivity contribution >= 4 is 5.91 Å². The molecule has 1 aromatic carbocycles. The number of likely N-dealkylation sites (tertiary alicyclic amines) is 1. The van der Waals surface area contributed by atoms with E-state index in [1.165, 1.54) is 5.56 Å². The van der Waals surface area contributed by atoms with Crippen LogP contribution in [-0.2, 0) is 4.79 Å². The molecule has 4 nitrogen and oxygen atoms in total. The zero-order valence-corrected chi connectivity index (χ0v) is 14.6. The molecule has 2 fully saturated rings. The van der Waals surface area contributed by atoms with E-state index in [1.807, 2.05) is 18.7 Å². The van der Waals surface area contributed by atoms with Crippen LogP contribution in [0.4, 0.5) is 0 Å². The van der Waals surface area contributed by atoms with Crippen molar-refractivity contribution in [3.8, 4) is 5.75 Å². The van der Waals surface area contributed by atoms with Crippen molar-refractivity contribution in [1.29, 1.82) is 0 Å². The molecule has 0 saturated carbocycles. The van der Waals surface area contributed by atoms with E-state index in [1.54, 1.807) is 0 Å². The maximum Gasteiger partial charge on any atom is 0.263 e. The van der Waals surface area contributed by atoms with Gasteiger partial charge in [-0.3, -0.25) is 4.79 Å². The maximum atomic E-state index is 12.7. The van der Waals surface area contributed by atoms with Gasteiger partial charge in [0.1, 0.15) is 5.75 Å². The summed E-state index contributed by atoms with van der Waals surface area (Å²) in [4.78, 5) is 14.7. The first-order valence-electron chi connectivity index (χ1n) is 8.72. The van der Waals surface area contributed by atoms with E-state index in [2.05, 4.69) is 37.4 Å². The lowest BCUT2D eigenvalue weighted by molar-refractivity contribution is -0.137. The molecular weight excluding hydrogens is 288 g/mol. The minimum absolute atomic E-state index is 0.119. The molecule has 1 unspecified atom stereocenters. The highest BCUT2D eigenvalue weighted by Gasteiger charge is 2.39. The van der Waals surface area contributed by atoms with Crippen LogP contribution in [0.25, 0.3) is 0 Å². The number of nitrogens with zero attached hydrogens (tertiary/aromatic N) is 1. The molecule has 2 aliphatic rings. The highest BCUT2D eigenvalue weighted by Crippen LogP contribution is 2.28. The smallest absolute Gasteiger partial charge is 0.263 e. The maximum absolute atomic E-state index is 12.7. The number of ether oxygens (including phenoxy) is 1. The van der Waals surface area contributed by atoms with Crippen molar-refractivity contribution < 1.29 is 9.53 Å². The second-order valence-electron chi connectivity index (χ2n) is 7.36. The van der Waals surface area contributed by atoms with Gasteiger partial charge in [0.15, 0.2) is 6.10 Å². The standard InChI is InChI=1S/C19H28N2O2/c1-12(2)15-6-5-13(3)18(7-15)23-14(4)19(22)21-10-16-8-20-9-17(16)11-21/h5-7,12,14,16-17,20H,8-11H2,1-4H3/t14?,16-,17+. The van der Waals surface area contributed by atoms with E-state index in [0.29, 0.717) is 17.8 Å². The highest BCUT2D eigenvalue weighted by atomic mass is 16.5. The number of carbonyl (C=O) groups excluding carboxylic acids is 1. The number of aryl methyl sites for hydroxylation is 1.